The summed E-state index contributed by atoms with van der Waals surface area (Å²) in [6, 6.07) is 13.5. The first-order valence-electron chi connectivity index (χ1n) is 12.1. The van der Waals surface area contributed by atoms with E-state index in [4.69, 9.17) is 18.7 Å². The van der Waals surface area contributed by atoms with Gasteiger partial charge >= 0.3 is 0 Å². The molecule has 0 radical (unpaired) electrons. The minimum atomic E-state index is 0.487. The van der Waals surface area contributed by atoms with Crippen LogP contribution in [0, 0.1) is 0 Å². The van der Waals surface area contributed by atoms with Crippen molar-refractivity contribution in [2.75, 3.05) is 57.4 Å². The number of fused-ring (bicyclic) bond motifs is 2. The second-order valence-electron chi connectivity index (χ2n) is 9.10. The quantitative estimate of drug-likeness (QED) is 0.459. The summed E-state index contributed by atoms with van der Waals surface area (Å²) in [5.74, 6) is 2.99. The lowest BCUT2D eigenvalue weighted by Crippen LogP contribution is -2.33. The minimum absolute atomic E-state index is 0.487. The molecule has 0 N–H and O–H groups in total. The molecular formula is C27H41N2O4P. The molecule has 0 amide bonds. The fourth-order valence-electron chi connectivity index (χ4n) is 5.29. The van der Waals surface area contributed by atoms with Gasteiger partial charge in [-0.3, -0.25) is 0 Å². The van der Waals surface area contributed by atoms with Crippen molar-refractivity contribution in [2.24, 2.45) is 0 Å². The highest BCUT2D eigenvalue weighted by molar-refractivity contribution is 7.09. The maximum absolute atomic E-state index is 5.47. The number of ether oxygens (including phenoxy) is 3. The number of hydrogen-bond acceptors (Lipinski definition) is 6. The number of hydrogen-bond donors (Lipinski definition) is 0. The van der Waals surface area contributed by atoms with Gasteiger partial charge in [0.1, 0.15) is 11.5 Å². The van der Waals surface area contributed by atoms with Gasteiger partial charge in [0.15, 0.2) is 0 Å². The van der Waals surface area contributed by atoms with Crippen LogP contribution in [0.5, 0.6) is 11.5 Å². The average molecular weight is 489 g/mol. The number of methoxy groups -OCH3 is 3. The molecule has 4 rings (SSSR count). The van der Waals surface area contributed by atoms with Crippen molar-refractivity contribution >= 4 is 20.8 Å². The molecule has 5 unspecified atom stereocenters. The van der Waals surface area contributed by atoms with E-state index in [0.29, 0.717) is 23.9 Å². The molecule has 0 spiro atoms. The Morgan fingerprint density at radius 3 is 1.53 bits per heavy atom. The van der Waals surface area contributed by atoms with E-state index >= 15 is 0 Å². The normalized spacial score (nSPS) is 22.7. The second-order valence-corrected chi connectivity index (χ2v) is 9.43. The molecule has 2 aromatic rings. The third-order valence-corrected chi connectivity index (χ3v) is 7.71. The van der Waals surface area contributed by atoms with E-state index in [1.165, 1.54) is 22.5 Å². The molecule has 0 fully saturated rings. The molecule has 188 valence electrons. The van der Waals surface area contributed by atoms with Gasteiger partial charge in [-0.05, 0) is 38.1 Å². The maximum atomic E-state index is 5.47. The fraction of sp³-hybridized carbons (Fsp3) is 0.556. The molecule has 7 heteroatoms. The van der Waals surface area contributed by atoms with Crippen molar-refractivity contribution in [3.8, 4) is 11.5 Å². The van der Waals surface area contributed by atoms with Gasteiger partial charge in [0.05, 0.1) is 27.4 Å². The number of rotatable bonds is 8. The van der Waals surface area contributed by atoms with Gasteiger partial charge in [-0.15, -0.1) is 0 Å². The average Bonchev–Trinajstić information content (AvgIpc) is 3.26. The van der Waals surface area contributed by atoms with Crippen molar-refractivity contribution in [3.63, 3.8) is 0 Å². The molecule has 2 aromatic carbocycles. The van der Waals surface area contributed by atoms with Crippen LogP contribution < -0.4 is 19.3 Å². The van der Waals surface area contributed by atoms with Crippen LogP contribution in [0.15, 0.2) is 36.4 Å². The Labute approximate surface area is 207 Å². The zero-order valence-corrected chi connectivity index (χ0v) is 22.9. The van der Waals surface area contributed by atoms with E-state index in [9.17, 15) is 0 Å². The van der Waals surface area contributed by atoms with Crippen molar-refractivity contribution in [2.45, 2.75) is 51.6 Å². The van der Waals surface area contributed by atoms with E-state index in [1.54, 1.807) is 21.3 Å². The molecule has 34 heavy (non-hydrogen) atoms. The Balaban J connectivity index is 0.000000191. The topological polar surface area (TPSA) is 43.4 Å². The van der Waals surface area contributed by atoms with E-state index in [0.717, 1.165) is 37.8 Å². The number of benzene rings is 2. The lowest BCUT2D eigenvalue weighted by Gasteiger charge is -2.25. The van der Waals surface area contributed by atoms with E-state index in [1.807, 2.05) is 12.1 Å². The van der Waals surface area contributed by atoms with E-state index in [2.05, 4.69) is 71.2 Å². The van der Waals surface area contributed by atoms with Crippen molar-refractivity contribution in [1.29, 1.82) is 0 Å². The highest BCUT2D eigenvalue weighted by atomic mass is 31.0. The Morgan fingerprint density at radius 1 is 0.706 bits per heavy atom. The van der Waals surface area contributed by atoms with Gasteiger partial charge < -0.3 is 28.5 Å². The zero-order valence-electron chi connectivity index (χ0n) is 21.7. The number of nitrogens with zero attached hydrogens (tertiary/aromatic N) is 2. The van der Waals surface area contributed by atoms with Gasteiger partial charge in [0.2, 0.25) is 0 Å². The van der Waals surface area contributed by atoms with Crippen LogP contribution in [0.3, 0.4) is 0 Å². The maximum Gasteiger partial charge on any atom is 0.124 e. The molecule has 5 atom stereocenters. The standard InChI is InChI=1S/C14H21NO2.C13H20NO2P/c1-10-11(2)15(8-9-16-3)12-6-5-7-13(17-4)14(10)12;1-9-10(2)14(7-8-16-17)11-5-4-6-12(15-3)13(9)11/h5-7,10-11H,8-9H2,1-4H3;4-6,9-10H,7-8,17H2,1-3H3. The first kappa shape index (κ1) is 26.6. The van der Waals surface area contributed by atoms with E-state index in [-0.39, 0.29) is 0 Å². The lowest BCUT2D eigenvalue weighted by molar-refractivity contribution is 0.203. The lowest BCUT2D eigenvalue weighted by atomic mass is 9.97. The third-order valence-electron chi connectivity index (χ3n) is 7.47. The summed E-state index contributed by atoms with van der Waals surface area (Å²) >= 11 is 0. The molecule has 0 aliphatic carbocycles. The highest BCUT2D eigenvalue weighted by Gasteiger charge is 2.35. The van der Waals surface area contributed by atoms with Gasteiger partial charge in [0, 0.05) is 76.1 Å². The summed E-state index contributed by atoms with van der Waals surface area (Å²) < 4.78 is 21.2. The van der Waals surface area contributed by atoms with Gasteiger partial charge in [0.25, 0.3) is 0 Å². The molecule has 6 nitrogen and oxygen atoms in total. The van der Waals surface area contributed by atoms with Gasteiger partial charge in [-0.2, -0.15) is 0 Å². The molecule has 2 aliphatic rings. The molecule has 0 saturated carbocycles. The Hall–Kier alpha value is -2.01. The van der Waals surface area contributed by atoms with Crippen LogP contribution in [0.4, 0.5) is 11.4 Å². The molecule has 0 aromatic heterocycles. The van der Waals surface area contributed by atoms with Crippen LogP contribution in [0.1, 0.15) is 50.7 Å². The Kier molecular flexibility index (Phi) is 9.47. The van der Waals surface area contributed by atoms with Crippen LogP contribution >= 0.6 is 9.47 Å². The Bertz CT molecular complexity index is 865. The SMILES string of the molecule is COCCN1c2cccc(OC)c2C(C)C1C.COc1cccc2c1C(C)C(C)N2CCOP. The molecule has 0 bridgehead atoms. The van der Waals surface area contributed by atoms with Crippen LogP contribution in [0.2, 0.25) is 0 Å². The summed E-state index contributed by atoms with van der Waals surface area (Å²) in [6.07, 6.45) is 0. The summed E-state index contributed by atoms with van der Waals surface area (Å²) in [7, 11) is 7.53. The van der Waals surface area contributed by atoms with Crippen LogP contribution in [0.25, 0.3) is 0 Å². The zero-order chi connectivity index (χ0) is 24.8. The van der Waals surface area contributed by atoms with Crippen molar-refractivity contribution in [3.05, 3.63) is 47.5 Å². The largest absolute Gasteiger partial charge is 0.496 e. The second kappa shape index (κ2) is 12.1. The van der Waals surface area contributed by atoms with Crippen LogP contribution in [-0.4, -0.2) is 59.7 Å². The monoisotopic (exact) mass is 488 g/mol. The summed E-state index contributed by atoms with van der Waals surface area (Å²) in [5.41, 5.74) is 5.23. The highest BCUT2D eigenvalue weighted by Crippen LogP contribution is 2.46. The van der Waals surface area contributed by atoms with Gasteiger partial charge in [-0.25, -0.2) is 0 Å². The minimum Gasteiger partial charge on any atom is -0.496 e. The molecule has 2 aliphatic heterocycles. The first-order chi connectivity index (χ1) is 16.4. The molecule has 0 saturated heterocycles. The van der Waals surface area contributed by atoms with Crippen molar-refractivity contribution in [1.82, 2.24) is 0 Å². The first-order valence-corrected chi connectivity index (χ1v) is 12.6. The Morgan fingerprint density at radius 2 is 1.15 bits per heavy atom. The summed E-state index contributed by atoms with van der Waals surface area (Å²) in [4.78, 5) is 4.80. The predicted molar refractivity (Wildman–Crippen MR) is 144 cm³/mol. The van der Waals surface area contributed by atoms with Crippen LogP contribution in [-0.2, 0) is 9.26 Å². The summed E-state index contributed by atoms with van der Waals surface area (Å²) in [5, 5.41) is 0. The molecule has 2 heterocycles. The smallest absolute Gasteiger partial charge is 0.124 e. The molecular weight excluding hydrogens is 447 g/mol. The predicted octanol–water partition coefficient (Wildman–Crippen LogP) is 5.47. The van der Waals surface area contributed by atoms with E-state index < -0.39 is 0 Å². The van der Waals surface area contributed by atoms with Gasteiger partial charge in [-0.1, -0.05) is 26.0 Å². The number of anilines is 2. The third kappa shape index (κ3) is 5.15. The van der Waals surface area contributed by atoms with Crippen molar-refractivity contribution < 1.29 is 18.7 Å². The summed E-state index contributed by atoms with van der Waals surface area (Å²) in [6.45, 7) is 12.4. The fourth-order valence-corrected chi connectivity index (χ4v) is 5.39.